The topological polar surface area (TPSA) is 70.9 Å². The second-order valence-electron chi connectivity index (χ2n) is 3.29. The fourth-order valence-electron chi connectivity index (χ4n) is 1.42. The van der Waals surface area contributed by atoms with E-state index in [0.717, 1.165) is 5.56 Å². The van der Waals surface area contributed by atoms with Crippen LogP contribution in [-0.4, -0.2) is 16.1 Å². The summed E-state index contributed by atoms with van der Waals surface area (Å²) < 4.78 is 5.15. The van der Waals surface area contributed by atoms with Gasteiger partial charge in [0.2, 0.25) is 0 Å². The number of nitrogens with zero attached hydrogens (tertiary/aromatic N) is 1. The standard InChI is InChI=1S/C10H11N3O2/c1-6-5-15-7(2)9(6)10(14)13-8-3-11-12-4-8/h3-5H,1-2H3,(H,11,12)(H,13,14). The first kappa shape index (κ1) is 9.51. The average molecular weight is 205 g/mol. The quantitative estimate of drug-likeness (QED) is 0.786. The van der Waals surface area contributed by atoms with E-state index in [9.17, 15) is 4.79 Å². The summed E-state index contributed by atoms with van der Waals surface area (Å²) in [6.45, 7) is 3.60. The van der Waals surface area contributed by atoms with Crippen LogP contribution in [0.5, 0.6) is 0 Å². The van der Waals surface area contributed by atoms with E-state index in [1.54, 1.807) is 25.6 Å². The summed E-state index contributed by atoms with van der Waals surface area (Å²) in [5.41, 5.74) is 2.05. The van der Waals surface area contributed by atoms with Gasteiger partial charge in [-0.15, -0.1) is 0 Å². The number of carbonyl (C=O) groups is 1. The van der Waals surface area contributed by atoms with Crippen molar-refractivity contribution in [3.63, 3.8) is 0 Å². The first-order valence-electron chi connectivity index (χ1n) is 4.53. The van der Waals surface area contributed by atoms with E-state index >= 15 is 0 Å². The van der Waals surface area contributed by atoms with E-state index in [0.29, 0.717) is 17.0 Å². The van der Waals surface area contributed by atoms with Crippen LogP contribution >= 0.6 is 0 Å². The van der Waals surface area contributed by atoms with E-state index in [2.05, 4.69) is 15.5 Å². The summed E-state index contributed by atoms with van der Waals surface area (Å²) in [5.74, 6) is 0.439. The molecule has 2 heterocycles. The molecule has 2 N–H and O–H groups in total. The number of anilines is 1. The number of H-pyrrole nitrogens is 1. The van der Waals surface area contributed by atoms with Crippen LogP contribution in [0.4, 0.5) is 5.69 Å². The van der Waals surface area contributed by atoms with Gasteiger partial charge in [-0.25, -0.2) is 0 Å². The molecule has 0 saturated carbocycles. The van der Waals surface area contributed by atoms with Gasteiger partial charge in [-0.1, -0.05) is 0 Å². The predicted octanol–water partition coefficient (Wildman–Crippen LogP) is 1.87. The predicted molar refractivity (Wildman–Crippen MR) is 54.7 cm³/mol. The van der Waals surface area contributed by atoms with Gasteiger partial charge in [0.05, 0.1) is 23.7 Å². The molecule has 5 nitrogen and oxygen atoms in total. The molecule has 0 bridgehead atoms. The van der Waals surface area contributed by atoms with Crippen molar-refractivity contribution in [1.82, 2.24) is 10.2 Å². The molecule has 2 aromatic heterocycles. The van der Waals surface area contributed by atoms with Gasteiger partial charge in [0.15, 0.2) is 0 Å². The lowest BCUT2D eigenvalue weighted by Gasteiger charge is -2.01. The zero-order valence-corrected chi connectivity index (χ0v) is 8.50. The number of furan rings is 1. The van der Waals surface area contributed by atoms with Crippen molar-refractivity contribution in [2.45, 2.75) is 13.8 Å². The van der Waals surface area contributed by atoms with Crippen LogP contribution in [0, 0.1) is 13.8 Å². The average Bonchev–Trinajstić information content (AvgIpc) is 2.77. The van der Waals surface area contributed by atoms with Gasteiger partial charge in [0.1, 0.15) is 5.76 Å². The molecule has 0 radical (unpaired) electrons. The van der Waals surface area contributed by atoms with Gasteiger partial charge in [0.25, 0.3) is 5.91 Å². The third kappa shape index (κ3) is 1.76. The number of aryl methyl sites for hydroxylation is 2. The second-order valence-corrected chi connectivity index (χ2v) is 3.29. The summed E-state index contributed by atoms with van der Waals surface area (Å²) in [6, 6.07) is 0. The summed E-state index contributed by atoms with van der Waals surface area (Å²) in [6.07, 6.45) is 4.73. The summed E-state index contributed by atoms with van der Waals surface area (Å²) in [4.78, 5) is 11.8. The fraction of sp³-hybridized carbons (Fsp3) is 0.200. The third-order valence-corrected chi connectivity index (χ3v) is 2.14. The van der Waals surface area contributed by atoms with Crippen LogP contribution in [0.1, 0.15) is 21.7 Å². The maximum absolute atomic E-state index is 11.8. The molecule has 0 aliphatic heterocycles. The third-order valence-electron chi connectivity index (χ3n) is 2.14. The summed E-state index contributed by atoms with van der Waals surface area (Å²) >= 11 is 0. The normalized spacial score (nSPS) is 10.3. The number of hydrogen-bond acceptors (Lipinski definition) is 3. The van der Waals surface area contributed by atoms with E-state index < -0.39 is 0 Å². The maximum Gasteiger partial charge on any atom is 0.259 e. The number of hydrogen-bond donors (Lipinski definition) is 2. The van der Waals surface area contributed by atoms with Crippen LogP contribution in [0.3, 0.4) is 0 Å². The smallest absolute Gasteiger partial charge is 0.259 e. The molecule has 0 atom stereocenters. The minimum Gasteiger partial charge on any atom is -0.469 e. The van der Waals surface area contributed by atoms with Crippen LogP contribution in [0.2, 0.25) is 0 Å². The van der Waals surface area contributed by atoms with Crippen LogP contribution in [0.25, 0.3) is 0 Å². The zero-order chi connectivity index (χ0) is 10.8. The second kappa shape index (κ2) is 3.61. The zero-order valence-electron chi connectivity index (χ0n) is 8.50. The Kier molecular flexibility index (Phi) is 2.29. The summed E-state index contributed by atoms with van der Waals surface area (Å²) in [5, 5.41) is 9.07. The van der Waals surface area contributed by atoms with Crippen LogP contribution < -0.4 is 5.32 Å². The Bertz CT molecular complexity index is 451. The monoisotopic (exact) mass is 205 g/mol. The molecule has 0 aromatic carbocycles. The first-order valence-corrected chi connectivity index (χ1v) is 4.53. The Morgan fingerprint density at radius 1 is 1.53 bits per heavy atom. The van der Waals surface area contributed by atoms with Gasteiger partial charge < -0.3 is 9.73 Å². The lowest BCUT2D eigenvalue weighted by atomic mass is 10.1. The SMILES string of the molecule is Cc1coc(C)c1C(=O)Nc1cn[nH]c1. The maximum atomic E-state index is 11.8. The highest BCUT2D eigenvalue weighted by atomic mass is 16.3. The van der Waals surface area contributed by atoms with E-state index in [4.69, 9.17) is 4.42 Å². The van der Waals surface area contributed by atoms with Crippen molar-refractivity contribution in [1.29, 1.82) is 0 Å². The molecule has 0 saturated heterocycles. The highest BCUT2D eigenvalue weighted by Gasteiger charge is 2.15. The fourth-order valence-corrected chi connectivity index (χ4v) is 1.42. The molecule has 0 fully saturated rings. The minimum absolute atomic E-state index is 0.180. The molecule has 15 heavy (non-hydrogen) atoms. The van der Waals surface area contributed by atoms with Crippen LogP contribution in [-0.2, 0) is 0 Å². The van der Waals surface area contributed by atoms with Gasteiger partial charge in [0, 0.05) is 11.8 Å². The molecule has 0 aliphatic carbocycles. The van der Waals surface area contributed by atoms with Crippen molar-refractivity contribution in [2.24, 2.45) is 0 Å². The molecule has 0 aliphatic rings. The van der Waals surface area contributed by atoms with Crippen molar-refractivity contribution in [2.75, 3.05) is 5.32 Å². The van der Waals surface area contributed by atoms with E-state index in [1.807, 2.05) is 6.92 Å². The molecule has 0 unspecified atom stereocenters. The number of aromatic nitrogens is 2. The highest BCUT2D eigenvalue weighted by Crippen LogP contribution is 2.17. The van der Waals surface area contributed by atoms with Gasteiger partial charge in [-0.3, -0.25) is 9.89 Å². The summed E-state index contributed by atoms with van der Waals surface area (Å²) in [7, 11) is 0. The number of rotatable bonds is 2. The Labute approximate surface area is 86.5 Å². The molecule has 2 rings (SSSR count). The van der Waals surface area contributed by atoms with Crippen molar-refractivity contribution < 1.29 is 9.21 Å². The lowest BCUT2D eigenvalue weighted by Crippen LogP contribution is -2.12. The van der Waals surface area contributed by atoms with Crippen molar-refractivity contribution in [3.05, 3.63) is 35.5 Å². The first-order chi connectivity index (χ1) is 7.18. The largest absolute Gasteiger partial charge is 0.469 e. The Morgan fingerprint density at radius 3 is 2.87 bits per heavy atom. The van der Waals surface area contributed by atoms with Crippen LogP contribution in [0.15, 0.2) is 23.1 Å². The van der Waals surface area contributed by atoms with Gasteiger partial charge in [-0.05, 0) is 13.8 Å². The van der Waals surface area contributed by atoms with Gasteiger partial charge in [-0.2, -0.15) is 5.10 Å². The van der Waals surface area contributed by atoms with Gasteiger partial charge >= 0.3 is 0 Å². The number of amides is 1. The van der Waals surface area contributed by atoms with Crippen molar-refractivity contribution in [3.8, 4) is 0 Å². The molecule has 2 aromatic rings. The number of nitrogens with one attached hydrogen (secondary N) is 2. The Hall–Kier alpha value is -2.04. The van der Waals surface area contributed by atoms with E-state index in [1.165, 1.54) is 0 Å². The lowest BCUT2D eigenvalue weighted by molar-refractivity contribution is 0.102. The highest BCUT2D eigenvalue weighted by molar-refractivity contribution is 6.05. The molecule has 78 valence electrons. The Balaban J connectivity index is 2.22. The molecule has 5 heteroatoms. The minimum atomic E-state index is -0.180. The molecular formula is C10H11N3O2. The van der Waals surface area contributed by atoms with E-state index in [-0.39, 0.29) is 5.91 Å². The number of carbonyl (C=O) groups excluding carboxylic acids is 1. The number of aromatic amines is 1. The Morgan fingerprint density at radius 2 is 2.33 bits per heavy atom. The molecule has 1 amide bonds. The molecular weight excluding hydrogens is 194 g/mol. The van der Waals surface area contributed by atoms with Crippen molar-refractivity contribution >= 4 is 11.6 Å². The molecule has 0 spiro atoms.